The molecule has 4 heteroatoms. The molecular weight excluding hydrogens is 248 g/mol. The quantitative estimate of drug-likeness (QED) is 0.791. The minimum Gasteiger partial charge on any atom is -0.263 e. The summed E-state index contributed by atoms with van der Waals surface area (Å²) in [4.78, 5) is 0.290. The number of aryl methyl sites for hydroxylation is 2. The Balaban J connectivity index is 2.16. The van der Waals surface area contributed by atoms with E-state index in [1.165, 1.54) is 0 Å². The first-order valence-corrected chi connectivity index (χ1v) is 7.61. The standard InChI is InChI=1S/C14H20O3S/c1-10-5-6-13(11(2)7-10)18(15,16)17-12-8-14(3,4)9-12/h5-7,12H,8-9H2,1-4H3. The SMILES string of the molecule is Cc1ccc(S(=O)(=O)OC2CC(C)(C)C2)c(C)c1. The lowest BCUT2D eigenvalue weighted by Crippen LogP contribution is -2.39. The van der Waals surface area contributed by atoms with Crippen LogP contribution in [0.15, 0.2) is 23.1 Å². The second-order valence-electron chi connectivity index (χ2n) is 6.01. The van der Waals surface area contributed by atoms with Gasteiger partial charge in [-0.15, -0.1) is 0 Å². The Labute approximate surface area is 109 Å². The van der Waals surface area contributed by atoms with Gasteiger partial charge in [-0.2, -0.15) is 8.42 Å². The molecule has 18 heavy (non-hydrogen) atoms. The van der Waals surface area contributed by atoms with Crippen molar-refractivity contribution in [2.45, 2.75) is 51.5 Å². The summed E-state index contributed by atoms with van der Waals surface area (Å²) >= 11 is 0. The van der Waals surface area contributed by atoms with E-state index in [2.05, 4.69) is 13.8 Å². The third-order valence-electron chi connectivity index (χ3n) is 3.42. The lowest BCUT2D eigenvalue weighted by atomic mass is 9.70. The van der Waals surface area contributed by atoms with Crippen molar-refractivity contribution < 1.29 is 12.6 Å². The maximum atomic E-state index is 12.2. The Bertz CT molecular complexity index is 550. The predicted molar refractivity (Wildman–Crippen MR) is 71.0 cm³/mol. The fourth-order valence-corrected chi connectivity index (χ4v) is 3.84. The minimum atomic E-state index is -3.62. The fourth-order valence-electron chi connectivity index (χ4n) is 2.55. The van der Waals surface area contributed by atoms with Gasteiger partial charge in [-0.05, 0) is 43.7 Å². The average Bonchev–Trinajstić information content (AvgIpc) is 2.12. The Morgan fingerprint density at radius 1 is 1.22 bits per heavy atom. The third kappa shape index (κ3) is 2.75. The van der Waals surface area contributed by atoms with Gasteiger partial charge in [0.25, 0.3) is 10.1 Å². The van der Waals surface area contributed by atoms with Crippen LogP contribution in [0.3, 0.4) is 0 Å². The second kappa shape index (κ2) is 4.35. The molecule has 0 radical (unpaired) electrons. The van der Waals surface area contributed by atoms with E-state index in [0.29, 0.717) is 0 Å². The van der Waals surface area contributed by atoms with Crippen molar-refractivity contribution >= 4 is 10.1 Å². The maximum absolute atomic E-state index is 12.2. The van der Waals surface area contributed by atoms with Crippen molar-refractivity contribution in [3.8, 4) is 0 Å². The van der Waals surface area contributed by atoms with Crippen LogP contribution in [0.4, 0.5) is 0 Å². The first-order valence-electron chi connectivity index (χ1n) is 6.20. The third-order valence-corrected chi connectivity index (χ3v) is 4.95. The highest BCUT2D eigenvalue weighted by molar-refractivity contribution is 7.86. The maximum Gasteiger partial charge on any atom is 0.297 e. The molecule has 1 aromatic rings. The summed E-state index contributed by atoms with van der Waals surface area (Å²) in [5, 5.41) is 0. The van der Waals surface area contributed by atoms with Crippen LogP contribution >= 0.6 is 0 Å². The molecule has 3 nitrogen and oxygen atoms in total. The zero-order valence-corrected chi connectivity index (χ0v) is 12.2. The van der Waals surface area contributed by atoms with E-state index in [0.717, 1.165) is 24.0 Å². The molecule has 0 unspecified atom stereocenters. The van der Waals surface area contributed by atoms with E-state index in [1.54, 1.807) is 19.1 Å². The lowest BCUT2D eigenvalue weighted by Gasteiger charge is -2.41. The number of hydrogen-bond donors (Lipinski definition) is 0. The minimum absolute atomic E-state index is 0.161. The highest BCUT2D eigenvalue weighted by atomic mass is 32.2. The zero-order chi connectivity index (χ0) is 13.6. The van der Waals surface area contributed by atoms with Gasteiger partial charge in [-0.1, -0.05) is 31.5 Å². The van der Waals surface area contributed by atoms with Crippen molar-refractivity contribution in [1.29, 1.82) is 0 Å². The van der Waals surface area contributed by atoms with E-state index in [-0.39, 0.29) is 16.4 Å². The van der Waals surface area contributed by atoms with Gasteiger partial charge in [0, 0.05) is 0 Å². The van der Waals surface area contributed by atoms with E-state index in [9.17, 15) is 8.42 Å². The smallest absolute Gasteiger partial charge is 0.263 e. The molecule has 1 aliphatic rings. The van der Waals surface area contributed by atoms with Crippen molar-refractivity contribution in [2.75, 3.05) is 0 Å². The summed E-state index contributed by atoms with van der Waals surface area (Å²) in [5.41, 5.74) is 2.01. The zero-order valence-electron chi connectivity index (χ0n) is 11.4. The van der Waals surface area contributed by atoms with Crippen LogP contribution in [0.1, 0.15) is 37.8 Å². The molecule has 0 atom stereocenters. The molecule has 1 saturated carbocycles. The molecule has 0 aliphatic heterocycles. The summed E-state index contributed by atoms with van der Waals surface area (Å²) in [6.07, 6.45) is 1.44. The molecule has 2 rings (SSSR count). The van der Waals surface area contributed by atoms with Gasteiger partial charge < -0.3 is 0 Å². The molecule has 0 amide bonds. The Kier molecular flexibility index (Phi) is 3.28. The highest BCUT2D eigenvalue weighted by Gasteiger charge is 2.40. The summed E-state index contributed by atoms with van der Waals surface area (Å²) in [6.45, 7) is 7.99. The normalized spacial score (nSPS) is 19.6. The molecule has 0 heterocycles. The van der Waals surface area contributed by atoms with Crippen LogP contribution in [-0.2, 0) is 14.3 Å². The van der Waals surface area contributed by atoms with Gasteiger partial charge in [0.2, 0.25) is 0 Å². The Morgan fingerprint density at radius 3 is 2.33 bits per heavy atom. The first kappa shape index (κ1) is 13.6. The van der Waals surface area contributed by atoms with Crippen molar-refractivity contribution in [1.82, 2.24) is 0 Å². The van der Waals surface area contributed by atoms with Gasteiger partial charge in [0.1, 0.15) is 0 Å². The van der Waals surface area contributed by atoms with Crippen LogP contribution < -0.4 is 0 Å². The average molecular weight is 268 g/mol. The van der Waals surface area contributed by atoms with E-state index >= 15 is 0 Å². The molecular formula is C14H20O3S. The van der Waals surface area contributed by atoms with Gasteiger partial charge in [0.15, 0.2) is 0 Å². The van der Waals surface area contributed by atoms with Gasteiger partial charge >= 0.3 is 0 Å². The summed E-state index contributed by atoms with van der Waals surface area (Å²) < 4.78 is 29.6. The van der Waals surface area contributed by atoms with Gasteiger partial charge in [-0.25, -0.2) is 0 Å². The van der Waals surface area contributed by atoms with Gasteiger partial charge in [0.05, 0.1) is 11.0 Å². The molecule has 0 aromatic heterocycles. The van der Waals surface area contributed by atoms with Crippen molar-refractivity contribution in [3.63, 3.8) is 0 Å². The van der Waals surface area contributed by atoms with Crippen LogP contribution in [0.2, 0.25) is 0 Å². The molecule has 0 spiro atoms. The first-order chi connectivity index (χ1) is 8.20. The molecule has 1 fully saturated rings. The lowest BCUT2D eigenvalue weighted by molar-refractivity contribution is 0.0153. The van der Waals surface area contributed by atoms with Crippen LogP contribution in [0.5, 0.6) is 0 Å². The van der Waals surface area contributed by atoms with Crippen LogP contribution in [0, 0.1) is 19.3 Å². The monoisotopic (exact) mass is 268 g/mol. The largest absolute Gasteiger partial charge is 0.297 e. The topological polar surface area (TPSA) is 43.4 Å². The summed E-state index contributed by atoms with van der Waals surface area (Å²) in [6, 6.07) is 5.29. The fraction of sp³-hybridized carbons (Fsp3) is 0.571. The number of benzene rings is 1. The number of hydrogen-bond acceptors (Lipinski definition) is 3. The summed E-state index contributed by atoms with van der Waals surface area (Å²) in [5.74, 6) is 0. The second-order valence-corrected chi connectivity index (χ2v) is 7.55. The van der Waals surface area contributed by atoms with E-state index < -0.39 is 10.1 Å². The molecule has 0 bridgehead atoms. The van der Waals surface area contributed by atoms with Gasteiger partial charge in [-0.3, -0.25) is 4.18 Å². The molecule has 100 valence electrons. The molecule has 0 N–H and O–H groups in total. The molecule has 0 saturated heterocycles. The molecule has 1 aromatic carbocycles. The predicted octanol–water partition coefficient (Wildman–Crippen LogP) is 3.20. The Morgan fingerprint density at radius 2 is 1.83 bits per heavy atom. The van der Waals surface area contributed by atoms with Crippen LogP contribution in [0.25, 0.3) is 0 Å². The van der Waals surface area contributed by atoms with Crippen molar-refractivity contribution in [2.24, 2.45) is 5.41 Å². The highest BCUT2D eigenvalue weighted by Crippen LogP contribution is 2.43. The Hall–Kier alpha value is -0.870. The van der Waals surface area contributed by atoms with E-state index in [4.69, 9.17) is 4.18 Å². The van der Waals surface area contributed by atoms with Crippen molar-refractivity contribution in [3.05, 3.63) is 29.3 Å². The summed E-state index contributed by atoms with van der Waals surface area (Å²) in [7, 11) is -3.62. The molecule has 1 aliphatic carbocycles. The van der Waals surface area contributed by atoms with E-state index in [1.807, 2.05) is 13.0 Å². The number of rotatable bonds is 3. The van der Waals surface area contributed by atoms with Crippen LogP contribution in [-0.4, -0.2) is 14.5 Å².